The third-order valence-electron chi connectivity index (χ3n) is 3.23. The van der Waals surface area contributed by atoms with Gasteiger partial charge in [0, 0.05) is 36.4 Å². The summed E-state index contributed by atoms with van der Waals surface area (Å²) in [5.41, 5.74) is 13.6. The topological polar surface area (TPSA) is 96.7 Å². The number of benzene rings is 1. The molecule has 0 aromatic heterocycles. The second-order valence-electron chi connectivity index (χ2n) is 5.48. The number of nitrogen functional groups attached to an aromatic ring is 1. The maximum Gasteiger partial charge on any atom is 0.251 e. The number of carbonyl (C=O) groups excluding carboxylic acids is 1. The average Bonchev–Trinajstić information content (AvgIpc) is 2.46. The number of unbranched alkanes of at least 4 members (excludes halogenated alkanes) is 1. The fourth-order valence-electron chi connectivity index (χ4n) is 1.88. The van der Waals surface area contributed by atoms with Crippen molar-refractivity contribution in [2.45, 2.75) is 19.8 Å². The van der Waals surface area contributed by atoms with Gasteiger partial charge in [-0.1, -0.05) is 13.3 Å². The lowest BCUT2D eigenvalue weighted by Gasteiger charge is -2.11. The van der Waals surface area contributed by atoms with E-state index < -0.39 is 0 Å². The van der Waals surface area contributed by atoms with Gasteiger partial charge in [-0.05, 0) is 38.7 Å². The number of aliphatic imine (C=N–C) groups is 1. The Labute approximate surface area is 132 Å². The number of amides is 1. The minimum Gasteiger partial charge on any atom is -0.398 e. The van der Waals surface area contributed by atoms with E-state index in [1.807, 2.05) is 19.0 Å². The molecule has 0 saturated carbocycles. The molecule has 0 fully saturated rings. The molecule has 0 aliphatic carbocycles. The summed E-state index contributed by atoms with van der Waals surface area (Å²) < 4.78 is 0. The number of likely N-dealkylation sites (N-methyl/N-ethyl adjacent to an activating group) is 1. The first-order valence-corrected chi connectivity index (χ1v) is 7.58. The summed E-state index contributed by atoms with van der Waals surface area (Å²) in [5.74, 6) is 0.284. The highest BCUT2D eigenvalue weighted by molar-refractivity contribution is 6.04. The van der Waals surface area contributed by atoms with Gasteiger partial charge in [0.25, 0.3) is 5.91 Å². The monoisotopic (exact) mass is 305 g/mol. The van der Waals surface area contributed by atoms with Gasteiger partial charge in [-0.15, -0.1) is 0 Å². The van der Waals surface area contributed by atoms with Crippen LogP contribution in [0.15, 0.2) is 23.2 Å². The molecular formula is C16H27N5O. The van der Waals surface area contributed by atoms with Crippen LogP contribution in [0.25, 0.3) is 0 Å². The summed E-state index contributed by atoms with van der Waals surface area (Å²) in [7, 11) is 3.92. The van der Waals surface area contributed by atoms with Gasteiger partial charge in [0.05, 0.1) is 0 Å². The molecule has 0 heterocycles. The van der Waals surface area contributed by atoms with Crippen molar-refractivity contribution in [3.8, 4) is 0 Å². The van der Waals surface area contributed by atoms with E-state index >= 15 is 0 Å². The Balaban J connectivity index is 2.72. The van der Waals surface area contributed by atoms with Crippen molar-refractivity contribution in [2.24, 2.45) is 10.7 Å². The molecule has 0 spiro atoms. The standard InChI is InChI=1S/C16H27N5O/c1-4-5-8-19-15(18)13-7-6-12(11-14(13)17)16(22)20-9-10-21(2)3/h6-7,11H,4-5,8-10,17H2,1-3H3,(H2,18,19)(H,20,22). The maximum atomic E-state index is 12.0. The second kappa shape index (κ2) is 9.04. The largest absolute Gasteiger partial charge is 0.398 e. The van der Waals surface area contributed by atoms with E-state index in [0.717, 1.165) is 19.4 Å². The van der Waals surface area contributed by atoms with Crippen LogP contribution in [0.5, 0.6) is 0 Å². The number of rotatable bonds is 8. The number of nitrogens with one attached hydrogen (secondary N) is 1. The van der Waals surface area contributed by atoms with Crippen LogP contribution in [-0.2, 0) is 0 Å². The van der Waals surface area contributed by atoms with E-state index in [2.05, 4.69) is 17.2 Å². The summed E-state index contributed by atoms with van der Waals surface area (Å²) in [6.07, 6.45) is 2.06. The quantitative estimate of drug-likeness (QED) is 0.290. The molecule has 122 valence electrons. The molecule has 1 amide bonds. The molecule has 6 heteroatoms. The van der Waals surface area contributed by atoms with Crippen LogP contribution >= 0.6 is 0 Å². The normalized spacial score (nSPS) is 11.7. The first-order valence-electron chi connectivity index (χ1n) is 7.58. The van der Waals surface area contributed by atoms with Crippen LogP contribution in [0.4, 0.5) is 5.69 Å². The number of anilines is 1. The van der Waals surface area contributed by atoms with Crippen molar-refractivity contribution in [1.82, 2.24) is 10.2 Å². The number of nitrogens with zero attached hydrogens (tertiary/aromatic N) is 2. The van der Waals surface area contributed by atoms with Gasteiger partial charge in [-0.3, -0.25) is 9.79 Å². The first kappa shape index (κ1) is 18.0. The van der Waals surface area contributed by atoms with E-state index in [4.69, 9.17) is 11.5 Å². The van der Waals surface area contributed by atoms with Crippen molar-refractivity contribution in [3.05, 3.63) is 29.3 Å². The summed E-state index contributed by atoms with van der Waals surface area (Å²) >= 11 is 0. The van der Waals surface area contributed by atoms with Crippen molar-refractivity contribution in [1.29, 1.82) is 0 Å². The Morgan fingerprint density at radius 1 is 1.36 bits per heavy atom. The SMILES string of the molecule is CCCCN=C(N)c1ccc(C(=O)NCCN(C)C)cc1N. The number of carbonyl (C=O) groups is 1. The van der Waals surface area contributed by atoms with Crippen molar-refractivity contribution >= 4 is 17.4 Å². The Kier molecular flexibility index (Phi) is 7.39. The molecule has 1 aromatic carbocycles. The Bertz CT molecular complexity index is 525. The summed E-state index contributed by atoms with van der Waals surface area (Å²) in [4.78, 5) is 18.3. The summed E-state index contributed by atoms with van der Waals surface area (Å²) in [5, 5.41) is 2.85. The zero-order valence-corrected chi connectivity index (χ0v) is 13.7. The summed E-state index contributed by atoms with van der Waals surface area (Å²) in [6, 6.07) is 5.11. The van der Waals surface area contributed by atoms with Crippen LogP contribution in [0, 0.1) is 0 Å². The lowest BCUT2D eigenvalue weighted by Crippen LogP contribution is -2.31. The molecular weight excluding hydrogens is 278 g/mol. The van der Waals surface area contributed by atoms with Gasteiger partial charge in [-0.25, -0.2) is 0 Å². The molecule has 0 unspecified atom stereocenters. The Hall–Kier alpha value is -2.08. The molecule has 1 aromatic rings. The molecule has 22 heavy (non-hydrogen) atoms. The minimum absolute atomic E-state index is 0.137. The van der Waals surface area contributed by atoms with Gasteiger partial charge in [0.1, 0.15) is 5.84 Å². The average molecular weight is 305 g/mol. The highest BCUT2D eigenvalue weighted by Gasteiger charge is 2.10. The zero-order chi connectivity index (χ0) is 16.5. The molecule has 0 saturated heterocycles. The van der Waals surface area contributed by atoms with Gasteiger partial charge in [0.15, 0.2) is 0 Å². The predicted molar refractivity (Wildman–Crippen MR) is 92.2 cm³/mol. The molecule has 0 bridgehead atoms. The van der Waals surface area contributed by atoms with Crippen LogP contribution in [0.2, 0.25) is 0 Å². The third-order valence-corrected chi connectivity index (χ3v) is 3.23. The number of hydrogen-bond acceptors (Lipinski definition) is 4. The van der Waals surface area contributed by atoms with E-state index in [1.165, 1.54) is 0 Å². The fourth-order valence-corrected chi connectivity index (χ4v) is 1.88. The van der Waals surface area contributed by atoms with Crippen LogP contribution in [0.3, 0.4) is 0 Å². The van der Waals surface area contributed by atoms with Gasteiger partial charge >= 0.3 is 0 Å². The van der Waals surface area contributed by atoms with E-state index in [-0.39, 0.29) is 5.91 Å². The number of hydrogen-bond donors (Lipinski definition) is 3. The van der Waals surface area contributed by atoms with Crippen molar-refractivity contribution < 1.29 is 4.79 Å². The Morgan fingerprint density at radius 2 is 2.09 bits per heavy atom. The number of amidine groups is 1. The zero-order valence-electron chi connectivity index (χ0n) is 13.7. The molecule has 1 rings (SSSR count). The fraction of sp³-hybridized carbons (Fsp3) is 0.500. The molecule has 0 atom stereocenters. The molecule has 6 nitrogen and oxygen atoms in total. The minimum atomic E-state index is -0.137. The first-order chi connectivity index (χ1) is 10.5. The van der Waals surface area contributed by atoms with Gasteiger partial charge in [0.2, 0.25) is 0 Å². The van der Waals surface area contributed by atoms with E-state index in [0.29, 0.717) is 35.7 Å². The van der Waals surface area contributed by atoms with Crippen LogP contribution in [0.1, 0.15) is 35.7 Å². The Morgan fingerprint density at radius 3 is 2.68 bits per heavy atom. The van der Waals surface area contributed by atoms with E-state index in [9.17, 15) is 4.79 Å². The lowest BCUT2D eigenvalue weighted by molar-refractivity contribution is 0.0951. The third kappa shape index (κ3) is 5.73. The van der Waals surface area contributed by atoms with Crippen LogP contribution in [-0.4, -0.2) is 50.4 Å². The molecule has 0 aliphatic heterocycles. The second-order valence-corrected chi connectivity index (χ2v) is 5.48. The lowest BCUT2D eigenvalue weighted by atomic mass is 10.1. The van der Waals surface area contributed by atoms with Gasteiger partial charge < -0.3 is 21.7 Å². The highest BCUT2D eigenvalue weighted by atomic mass is 16.1. The smallest absolute Gasteiger partial charge is 0.251 e. The van der Waals surface area contributed by atoms with Crippen molar-refractivity contribution in [2.75, 3.05) is 39.5 Å². The van der Waals surface area contributed by atoms with Crippen molar-refractivity contribution in [3.63, 3.8) is 0 Å². The summed E-state index contributed by atoms with van der Waals surface area (Å²) in [6.45, 7) is 4.17. The van der Waals surface area contributed by atoms with E-state index in [1.54, 1.807) is 18.2 Å². The number of nitrogens with two attached hydrogens (primary N) is 2. The maximum absolute atomic E-state index is 12.0. The van der Waals surface area contributed by atoms with Gasteiger partial charge in [-0.2, -0.15) is 0 Å². The predicted octanol–water partition coefficient (Wildman–Crippen LogP) is 1.07. The molecule has 0 radical (unpaired) electrons. The molecule has 5 N–H and O–H groups in total. The highest BCUT2D eigenvalue weighted by Crippen LogP contribution is 2.14. The van der Waals surface area contributed by atoms with Crippen LogP contribution < -0.4 is 16.8 Å². The molecule has 0 aliphatic rings.